The second-order valence-electron chi connectivity index (χ2n) is 4.61. The first-order chi connectivity index (χ1) is 9.60. The fraction of sp³-hybridized carbons (Fsp3) is 0.250. The van der Waals surface area contributed by atoms with Gasteiger partial charge in [-0.2, -0.15) is 0 Å². The summed E-state index contributed by atoms with van der Waals surface area (Å²) in [4.78, 5) is 1.22. The molecule has 2 aromatic rings. The van der Waals surface area contributed by atoms with E-state index in [-0.39, 0.29) is 11.9 Å². The van der Waals surface area contributed by atoms with Crippen molar-refractivity contribution in [2.24, 2.45) is 0 Å². The third-order valence-electron chi connectivity index (χ3n) is 3.17. The standard InChI is InChI=1S/C16H17BrFNS/c1-11-8-13(18)6-7-15(11)16(19-2)10-20-14-5-3-4-12(17)9-14/h3-9,16,19H,10H2,1-2H3. The molecule has 0 spiro atoms. The lowest BCUT2D eigenvalue weighted by atomic mass is 10.0. The van der Waals surface area contributed by atoms with Gasteiger partial charge in [-0.15, -0.1) is 11.8 Å². The van der Waals surface area contributed by atoms with E-state index in [1.807, 2.05) is 32.2 Å². The Hall–Kier alpha value is -0.840. The van der Waals surface area contributed by atoms with Gasteiger partial charge in [0.15, 0.2) is 0 Å². The minimum Gasteiger partial charge on any atom is -0.312 e. The fourth-order valence-electron chi connectivity index (χ4n) is 2.10. The molecule has 1 atom stereocenters. The van der Waals surface area contributed by atoms with Crippen molar-refractivity contribution in [3.05, 3.63) is 63.9 Å². The highest BCUT2D eigenvalue weighted by molar-refractivity contribution is 9.10. The number of halogens is 2. The van der Waals surface area contributed by atoms with E-state index >= 15 is 0 Å². The summed E-state index contributed by atoms with van der Waals surface area (Å²) in [5.41, 5.74) is 2.13. The minimum atomic E-state index is -0.180. The highest BCUT2D eigenvalue weighted by atomic mass is 79.9. The molecule has 0 radical (unpaired) electrons. The Labute approximate surface area is 132 Å². The Kier molecular flexibility index (Phi) is 5.64. The van der Waals surface area contributed by atoms with Gasteiger partial charge in [-0.3, -0.25) is 0 Å². The van der Waals surface area contributed by atoms with Gasteiger partial charge in [0.05, 0.1) is 0 Å². The molecule has 1 nitrogen and oxygen atoms in total. The number of hydrogen-bond acceptors (Lipinski definition) is 2. The predicted octanol–water partition coefficient (Wildman–Crippen LogP) is 4.95. The molecule has 0 heterocycles. The zero-order valence-electron chi connectivity index (χ0n) is 11.5. The maximum absolute atomic E-state index is 13.2. The molecule has 0 saturated heterocycles. The lowest BCUT2D eigenvalue weighted by molar-refractivity contribution is 0.617. The number of rotatable bonds is 5. The molecular weight excluding hydrogens is 337 g/mol. The van der Waals surface area contributed by atoms with Crippen LogP contribution in [0.5, 0.6) is 0 Å². The first kappa shape index (κ1) is 15.5. The first-order valence-corrected chi connectivity index (χ1v) is 8.19. The number of thioether (sulfide) groups is 1. The monoisotopic (exact) mass is 353 g/mol. The van der Waals surface area contributed by atoms with Crippen LogP contribution in [0.25, 0.3) is 0 Å². The van der Waals surface area contributed by atoms with Crippen molar-refractivity contribution in [1.29, 1.82) is 0 Å². The Morgan fingerprint density at radius 1 is 1.25 bits per heavy atom. The molecule has 0 aliphatic heterocycles. The van der Waals surface area contributed by atoms with E-state index in [1.54, 1.807) is 17.8 Å². The topological polar surface area (TPSA) is 12.0 Å². The molecular formula is C16H17BrFNS. The molecule has 4 heteroatoms. The van der Waals surface area contributed by atoms with Crippen LogP contribution in [0.2, 0.25) is 0 Å². The molecule has 0 aliphatic carbocycles. The van der Waals surface area contributed by atoms with Crippen LogP contribution in [0.15, 0.2) is 51.8 Å². The number of hydrogen-bond donors (Lipinski definition) is 1. The smallest absolute Gasteiger partial charge is 0.123 e. The molecule has 20 heavy (non-hydrogen) atoms. The SMILES string of the molecule is CNC(CSc1cccc(Br)c1)c1ccc(F)cc1C. The van der Waals surface area contributed by atoms with Gasteiger partial charge in [0, 0.05) is 21.2 Å². The van der Waals surface area contributed by atoms with Crippen molar-refractivity contribution in [1.82, 2.24) is 5.32 Å². The maximum atomic E-state index is 13.2. The van der Waals surface area contributed by atoms with E-state index in [0.29, 0.717) is 0 Å². The van der Waals surface area contributed by atoms with Gasteiger partial charge in [-0.1, -0.05) is 28.1 Å². The summed E-state index contributed by atoms with van der Waals surface area (Å²) in [5.74, 6) is 0.722. The van der Waals surface area contributed by atoms with E-state index in [0.717, 1.165) is 21.4 Å². The predicted molar refractivity (Wildman–Crippen MR) is 87.8 cm³/mol. The van der Waals surface area contributed by atoms with Gasteiger partial charge in [-0.05, 0) is 55.4 Å². The lowest BCUT2D eigenvalue weighted by Crippen LogP contribution is -2.19. The largest absolute Gasteiger partial charge is 0.312 e. The Morgan fingerprint density at radius 2 is 2.05 bits per heavy atom. The summed E-state index contributed by atoms with van der Waals surface area (Å²) in [6, 6.07) is 13.4. The average molecular weight is 354 g/mol. The zero-order chi connectivity index (χ0) is 14.5. The van der Waals surface area contributed by atoms with E-state index in [1.165, 1.54) is 11.0 Å². The van der Waals surface area contributed by atoms with Crippen molar-refractivity contribution < 1.29 is 4.39 Å². The molecule has 1 N–H and O–H groups in total. The number of aryl methyl sites for hydroxylation is 1. The van der Waals surface area contributed by atoms with E-state index < -0.39 is 0 Å². The number of nitrogens with one attached hydrogen (secondary N) is 1. The summed E-state index contributed by atoms with van der Waals surface area (Å²) >= 11 is 5.27. The number of benzene rings is 2. The third-order valence-corrected chi connectivity index (χ3v) is 4.75. The van der Waals surface area contributed by atoms with Crippen LogP contribution in [-0.4, -0.2) is 12.8 Å². The van der Waals surface area contributed by atoms with Crippen LogP contribution in [0.4, 0.5) is 4.39 Å². The van der Waals surface area contributed by atoms with Crippen LogP contribution in [-0.2, 0) is 0 Å². The second kappa shape index (κ2) is 7.25. The summed E-state index contributed by atoms with van der Waals surface area (Å²) in [6.45, 7) is 1.95. The van der Waals surface area contributed by atoms with Gasteiger partial charge in [0.2, 0.25) is 0 Å². The molecule has 2 aromatic carbocycles. The summed E-state index contributed by atoms with van der Waals surface area (Å²) in [6.07, 6.45) is 0. The van der Waals surface area contributed by atoms with Crippen molar-refractivity contribution in [2.45, 2.75) is 17.9 Å². The first-order valence-electron chi connectivity index (χ1n) is 6.42. The molecule has 1 unspecified atom stereocenters. The quantitative estimate of drug-likeness (QED) is 0.763. The Bertz CT molecular complexity index is 588. The van der Waals surface area contributed by atoms with Gasteiger partial charge in [-0.25, -0.2) is 4.39 Å². The third kappa shape index (κ3) is 4.08. The van der Waals surface area contributed by atoms with Gasteiger partial charge in [0.1, 0.15) is 5.82 Å². The highest BCUT2D eigenvalue weighted by Gasteiger charge is 2.12. The minimum absolute atomic E-state index is 0.180. The zero-order valence-corrected chi connectivity index (χ0v) is 13.9. The van der Waals surface area contributed by atoms with Gasteiger partial charge >= 0.3 is 0 Å². The molecule has 0 saturated carbocycles. The van der Waals surface area contributed by atoms with E-state index in [2.05, 4.69) is 33.4 Å². The molecule has 0 aromatic heterocycles. The Morgan fingerprint density at radius 3 is 2.70 bits per heavy atom. The molecule has 0 amide bonds. The van der Waals surface area contributed by atoms with Crippen molar-refractivity contribution >= 4 is 27.7 Å². The van der Waals surface area contributed by atoms with Crippen molar-refractivity contribution in [3.8, 4) is 0 Å². The maximum Gasteiger partial charge on any atom is 0.123 e. The van der Waals surface area contributed by atoms with Crippen LogP contribution in [0.1, 0.15) is 17.2 Å². The van der Waals surface area contributed by atoms with Crippen molar-refractivity contribution in [3.63, 3.8) is 0 Å². The van der Waals surface area contributed by atoms with Gasteiger partial charge < -0.3 is 5.32 Å². The summed E-state index contributed by atoms with van der Waals surface area (Å²) < 4.78 is 14.3. The van der Waals surface area contributed by atoms with Gasteiger partial charge in [0.25, 0.3) is 0 Å². The molecule has 2 rings (SSSR count). The molecule has 0 fully saturated rings. The van der Waals surface area contributed by atoms with Crippen molar-refractivity contribution in [2.75, 3.05) is 12.8 Å². The average Bonchev–Trinajstić information content (AvgIpc) is 2.41. The molecule has 0 bridgehead atoms. The van der Waals surface area contributed by atoms with Crippen LogP contribution >= 0.6 is 27.7 Å². The Balaban J connectivity index is 2.09. The van der Waals surface area contributed by atoms with Crippen LogP contribution in [0, 0.1) is 12.7 Å². The van der Waals surface area contributed by atoms with E-state index in [9.17, 15) is 4.39 Å². The van der Waals surface area contributed by atoms with Crippen LogP contribution < -0.4 is 5.32 Å². The van der Waals surface area contributed by atoms with Crippen LogP contribution in [0.3, 0.4) is 0 Å². The fourth-order valence-corrected chi connectivity index (χ4v) is 3.74. The second-order valence-corrected chi connectivity index (χ2v) is 6.62. The lowest BCUT2D eigenvalue weighted by Gasteiger charge is -2.18. The summed E-state index contributed by atoms with van der Waals surface area (Å²) in [7, 11) is 1.94. The highest BCUT2D eigenvalue weighted by Crippen LogP contribution is 2.28. The molecule has 106 valence electrons. The molecule has 0 aliphatic rings. The summed E-state index contributed by atoms with van der Waals surface area (Å²) in [5, 5.41) is 3.31. The normalized spacial score (nSPS) is 12.4. The van der Waals surface area contributed by atoms with E-state index in [4.69, 9.17) is 0 Å².